The number of aryl methyl sites for hydroxylation is 1. The minimum Gasteiger partial charge on any atom is -0.496 e. The fourth-order valence-corrected chi connectivity index (χ4v) is 3.17. The van der Waals surface area contributed by atoms with Crippen molar-refractivity contribution in [3.8, 4) is 5.75 Å². The molecule has 2 rings (SSSR count). The molecular formula is C16H14Br2F2O. The average molecular weight is 420 g/mol. The molecule has 0 saturated heterocycles. The van der Waals surface area contributed by atoms with Crippen LogP contribution in [0.25, 0.3) is 0 Å². The molecule has 1 atom stereocenters. The van der Waals surface area contributed by atoms with Gasteiger partial charge in [-0.25, -0.2) is 8.78 Å². The van der Waals surface area contributed by atoms with E-state index in [0.717, 1.165) is 33.0 Å². The van der Waals surface area contributed by atoms with Gasteiger partial charge in [0.1, 0.15) is 5.75 Å². The number of halogens is 4. The summed E-state index contributed by atoms with van der Waals surface area (Å²) in [6, 6.07) is 7.88. The standard InChI is InChI=1S/C16H14Br2F2O/c1-9-5-16(21-2)11(8-12(9)17)13(18)6-10-3-4-14(19)15(20)7-10/h3-5,7-8,13H,6H2,1-2H3. The number of alkyl halides is 1. The minimum absolute atomic E-state index is 0.0609. The van der Waals surface area contributed by atoms with Gasteiger partial charge in [0.2, 0.25) is 0 Å². The van der Waals surface area contributed by atoms with E-state index in [4.69, 9.17) is 4.74 Å². The van der Waals surface area contributed by atoms with Crippen molar-refractivity contribution in [2.45, 2.75) is 18.2 Å². The highest BCUT2D eigenvalue weighted by Crippen LogP contribution is 2.37. The number of hydrogen-bond acceptors (Lipinski definition) is 1. The van der Waals surface area contributed by atoms with Crippen LogP contribution in [0.4, 0.5) is 8.78 Å². The lowest BCUT2D eigenvalue weighted by atomic mass is 10.0. The van der Waals surface area contributed by atoms with Crippen LogP contribution in [0.5, 0.6) is 5.75 Å². The Bertz CT molecular complexity index is 659. The van der Waals surface area contributed by atoms with Gasteiger partial charge in [-0.1, -0.05) is 37.9 Å². The third-order valence-corrected chi connectivity index (χ3v) is 4.92. The highest BCUT2D eigenvalue weighted by molar-refractivity contribution is 9.10. The van der Waals surface area contributed by atoms with E-state index < -0.39 is 11.6 Å². The molecule has 5 heteroatoms. The lowest BCUT2D eigenvalue weighted by Gasteiger charge is -2.16. The third kappa shape index (κ3) is 3.83. The van der Waals surface area contributed by atoms with Gasteiger partial charge < -0.3 is 4.74 Å². The molecule has 0 bridgehead atoms. The van der Waals surface area contributed by atoms with Gasteiger partial charge in [0.05, 0.1) is 7.11 Å². The molecule has 112 valence electrons. The molecule has 0 fully saturated rings. The molecule has 1 unspecified atom stereocenters. The van der Waals surface area contributed by atoms with Gasteiger partial charge >= 0.3 is 0 Å². The largest absolute Gasteiger partial charge is 0.496 e. The van der Waals surface area contributed by atoms with Crippen LogP contribution in [0.3, 0.4) is 0 Å². The Labute approximate surface area is 139 Å². The Hall–Kier alpha value is -0.940. The molecule has 21 heavy (non-hydrogen) atoms. The summed E-state index contributed by atoms with van der Waals surface area (Å²) in [5.74, 6) is -0.898. The molecule has 0 saturated carbocycles. The number of rotatable bonds is 4. The van der Waals surface area contributed by atoms with E-state index in [9.17, 15) is 8.78 Å². The molecule has 0 heterocycles. The number of methoxy groups -OCH3 is 1. The Morgan fingerprint density at radius 3 is 2.48 bits per heavy atom. The second-order valence-electron chi connectivity index (χ2n) is 4.76. The average Bonchev–Trinajstić information content (AvgIpc) is 2.45. The van der Waals surface area contributed by atoms with E-state index in [1.165, 1.54) is 6.07 Å². The Balaban J connectivity index is 2.29. The number of hydrogen-bond donors (Lipinski definition) is 0. The molecule has 1 nitrogen and oxygen atoms in total. The van der Waals surface area contributed by atoms with Crippen molar-refractivity contribution < 1.29 is 13.5 Å². The molecule has 0 aromatic heterocycles. The van der Waals surface area contributed by atoms with Crippen molar-refractivity contribution in [1.29, 1.82) is 0 Å². The number of benzene rings is 2. The summed E-state index contributed by atoms with van der Waals surface area (Å²) in [7, 11) is 1.61. The fraction of sp³-hybridized carbons (Fsp3) is 0.250. The Morgan fingerprint density at radius 2 is 1.86 bits per heavy atom. The molecule has 0 aliphatic heterocycles. The smallest absolute Gasteiger partial charge is 0.159 e. The van der Waals surface area contributed by atoms with Gasteiger partial charge in [-0.3, -0.25) is 0 Å². The van der Waals surface area contributed by atoms with Gasteiger partial charge in [0, 0.05) is 14.9 Å². The summed E-state index contributed by atoms with van der Waals surface area (Å²) in [4.78, 5) is -0.0609. The van der Waals surface area contributed by atoms with Crippen LogP contribution in [-0.2, 0) is 6.42 Å². The lowest BCUT2D eigenvalue weighted by molar-refractivity contribution is 0.409. The molecule has 0 N–H and O–H groups in total. The van der Waals surface area contributed by atoms with E-state index in [1.54, 1.807) is 13.2 Å². The van der Waals surface area contributed by atoms with Crippen molar-refractivity contribution >= 4 is 31.9 Å². The van der Waals surface area contributed by atoms with Crippen LogP contribution in [0.15, 0.2) is 34.8 Å². The van der Waals surface area contributed by atoms with Crippen LogP contribution in [-0.4, -0.2) is 7.11 Å². The van der Waals surface area contributed by atoms with E-state index in [-0.39, 0.29) is 4.83 Å². The van der Waals surface area contributed by atoms with Crippen molar-refractivity contribution in [3.63, 3.8) is 0 Å². The van der Waals surface area contributed by atoms with E-state index >= 15 is 0 Å². The molecular weight excluding hydrogens is 406 g/mol. The van der Waals surface area contributed by atoms with Crippen molar-refractivity contribution in [2.24, 2.45) is 0 Å². The molecule has 0 amide bonds. The maximum Gasteiger partial charge on any atom is 0.159 e. The molecule has 0 spiro atoms. The predicted octanol–water partition coefficient (Wildman–Crippen LogP) is 5.72. The quantitative estimate of drug-likeness (QED) is 0.575. The zero-order valence-electron chi connectivity index (χ0n) is 11.6. The van der Waals surface area contributed by atoms with Crippen LogP contribution in [0, 0.1) is 18.6 Å². The molecule has 2 aromatic carbocycles. The molecule has 0 aliphatic carbocycles. The van der Waals surface area contributed by atoms with Crippen molar-refractivity contribution in [1.82, 2.24) is 0 Å². The highest BCUT2D eigenvalue weighted by atomic mass is 79.9. The second-order valence-corrected chi connectivity index (χ2v) is 6.72. The fourth-order valence-electron chi connectivity index (χ4n) is 2.08. The summed E-state index contributed by atoms with van der Waals surface area (Å²) in [5.41, 5.74) is 2.75. The summed E-state index contributed by atoms with van der Waals surface area (Å²) in [5, 5.41) is 0. The lowest BCUT2D eigenvalue weighted by Crippen LogP contribution is -2.01. The van der Waals surface area contributed by atoms with E-state index in [0.29, 0.717) is 6.42 Å². The van der Waals surface area contributed by atoms with Gasteiger partial charge in [-0.15, -0.1) is 0 Å². The normalized spacial score (nSPS) is 12.3. The van der Waals surface area contributed by atoms with E-state index in [2.05, 4.69) is 31.9 Å². The monoisotopic (exact) mass is 418 g/mol. The van der Waals surface area contributed by atoms with Gasteiger partial charge in [0.15, 0.2) is 11.6 Å². The Kier molecular flexibility index (Phi) is 5.38. The minimum atomic E-state index is -0.833. The van der Waals surface area contributed by atoms with E-state index in [1.807, 2.05) is 19.1 Å². The predicted molar refractivity (Wildman–Crippen MR) is 87.2 cm³/mol. The first-order chi connectivity index (χ1) is 9.92. The molecule has 2 aromatic rings. The first-order valence-corrected chi connectivity index (χ1v) is 8.05. The summed E-state index contributed by atoms with van der Waals surface area (Å²) in [6.45, 7) is 1.98. The zero-order chi connectivity index (χ0) is 15.6. The summed E-state index contributed by atoms with van der Waals surface area (Å²) < 4.78 is 32.6. The van der Waals surface area contributed by atoms with Crippen molar-refractivity contribution in [2.75, 3.05) is 7.11 Å². The van der Waals surface area contributed by atoms with Gasteiger partial charge in [-0.2, -0.15) is 0 Å². The first-order valence-electron chi connectivity index (χ1n) is 6.34. The Morgan fingerprint density at radius 1 is 1.14 bits per heavy atom. The highest BCUT2D eigenvalue weighted by Gasteiger charge is 2.16. The van der Waals surface area contributed by atoms with Crippen molar-refractivity contribution in [3.05, 3.63) is 63.1 Å². The first kappa shape index (κ1) is 16.4. The topological polar surface area (TPSA) is 9.23 Å². The molecule has 0 radical (unpaired) electrons. The van der Waals surface area contributed by atoms with Gasteiger partial charge in [0.25, 0.3) is 0 Å². The van der Waals surface area contributed by atoms with Crippen LogP contribution >= 0.6 is 31.9 Å². The number of ether oxygens (including phenoxy) is 1. The third-order valence-electron chi connectivity index (χ3n) is 3.25. The maximum atomic E-state index is 13.3. The van der Waals surface area contributed by atoms with Gasteiger partial charge in [-0.05, 0) is 48.7 Å². The zero-order valence-corrected chi connectivity index (χ0v) is 14.8. The summed E-state index contributed by atoms with van der Waals surface area (Å²) in [6.07, 6.45) is 0.531. The summed E-state index contributed by atoms with van der Waals surface area (Å²) >= 11 is 7.10. The maximum absolute atomic E-state index is 13.3. The second kappa shape index (κ2) is 6.88. The van der Waals surface area contributed by atoms with Crippen LogP contribution in [0.2, 0.25) is 0 Å². The van der Waals surface area contributed by atoms with Crippen LogP contribution < -0.4 is 4.74 Å². The van der Waals surface area contributed by atoms with Crippen LogP contribution in [0.1, 0.15) is 21.5 Å². The SMILES string of the molecule is COc1cc(C)c(Br)cc1C(Br)Cc1ccc(F)c(F)c1. The molecule has 0 aliphatic rings.